The molecule has 0 saturated carbocycles. The van der Waals surface area contributed by atoms with E-state index in [1.165, 1.54) is 18.4 Å². The van der Waals surface area contributed by atoms with Gasteiger partial charge in [-0.25, -0.2) is 4.79 Å². The van der Waals surface area contributed by atoms with E-state index in [9.17, 15) is 9.59 Å². The molecular weight excluding hydrogens is 252 g/mol. The standard InChI is InChI=1S/C12H10N2O3S/c1-6-3-4-14-9(6)10(15)13-7-5-8(12(16)17-2)18-11(7)14/h3-5H,1-2H3,(H,13,15). The molecule has 6 heteroatoms. The third-order valence-corrected chi connectivity index (χ3v) is 3.98. The molecule has 3 rings (SSSR count). The highest BCUT2D eigenvalue weighted by Crippen LogP contribution is 2.25. The summed E-state index contributed by atoms with van der Waals surface area (Å²) >= 11 is 1.30. The minimum atomic E-state index is -0.394. The van der Waals surface area contributed by atoms with Crippen LogP contribution in [0.3, 0.4) is 0 Å². The van der Waals surface area contributed by atoms with E-state index in [1.54, 1.807) is 10.5 Å². The lowest BCUT2D eigenvalue weighted by atomic mass is 10.3. The van der Waals surface area contributed by atoms with Gasteiger partial charge in [0, 0.05) is 6.20 Å². The number of fused-ring (bicyclic) bond motifs is 3. The van der Waals surface area contributed by atoms with Crippen LogP contribution in [-0.2, 0) is 4.74 Å². The fraction of sp³-hybridized carbons (Fsp3) is 0.167. The number of nitrogens with one attached hydrogen (secondary N) is 1. The monoisotopic (exact) mass is 262 g/mol. The van der Waals surface area contributed by atoms with Crippen LogP contribution in [-0.4, -0.2) is 22.5 Å². The van der Waals surface area contributed by atoms with E-state index in [2.05, 4.69) is 9.72 Å². The van der Waals surface area contributed by atoms with Gasteiger partial charge in [0.15, 0.2) is 0 Å². The molecule has 0 fully saturated rings. The number of aryl methyl sites for hydroxylation is 1. The van der Waals surface area contributed by atoms with Gasteiger partial charge in [-0.2, -0.15) is 0 Å². The van der Waals surface area contributed by atoms with Crippen molar-refractivity contribution in [3.8, 4) is 0 Å². The summed E-state index contributed by atoms with van der Waals surface area (Å²) in [6.07, 6.45) is 1.83. The first-order chi connectivity index (χ1) is 8.61. The Labute approximate surface area is 106 Å². The lowest BCUT2D eigenvalue weighted by Crippen LogP contribution is -2.09. The summed E-state index contributed by atoms with van der Waals surface area (Å²) in [4.78, 5) is 27.5. The second-order valence-corrected chi connectivity index (χ2v) is 5.02. The second-order valence-electron chi connectivity index (χ2n) is 3.99. The van der Waals surface area contributed by atoms with Crippen molar-refractivity contribution in [3.05, 3.63) is 39.1 Å². The summed E-state index contributed by atoms with van der Waals surface area (Å²) < 4.78 is 6.49. The van der Waals surface area contributed by atoms with Gasteiger partial charge in [0.2, 0.25) is 0 Å². The van der Waals surface area contributed by atoms with E-state index in [0.29, 0.717) is 15.9 Å². The number of aromatic nitrogens is 2. The Kier molecular flexibility index (Phi) is 2.27. The van der Waals surface area contributed by atoms with Crippen molar-refractivity contribution in [1.82, 2.24) is 9.38 Å². The van der Waals surface area contributed by atoms with Crippen LogP contribution < -0.4 is 5.56 Å². The number of esters is 1. The summed E-state index contributed by atoms with van der Waals surface area (Å²) in [5.41, 5.74) is 2.01. The third kappa shape index (κ3) is 1.39. The number of carbonyl (C=O) groups excluding carboxylic acids is 1. The molecule has 0 aliphatic heterocycles. The fourth-order valence-corrected chi connectivity index (χ4v) is 3.04. The molecule has 92 valence electrons. The number of rotatable bonds is 1. The van der Waals surface area contributed by atoms with Gasteiger partial charge in [-0.1, -0.05) is 0 Å². The Hall–Kier alpha value is -2.08. The Balaban J connectivity index is 2.44. The van der Waals surface area contributed by atoms with Crippen molar-refractivity contribution in [2.24, 2.45) is 0 Å². The highest BCUT2D eigenvalue weighted by Gasteiger charge is 2.14. The summed E-state index contributed by atoms with van der Waals surface area (Å²) in [6, 6.07) is 3.52. The van der Waals surface area contributed by atoms with Crippen molar-refractivity contribution < 1.29 is 9.53 Å². The number of ether oxygens (including phenoxy) is 1. The molecule has 3 aromatic rings. The third-order valence-electron chi connectivity index (χ3n) is 2.87. The Bertz CT molecular complexity index is 825. The number of hydrogen-bond donors (Lipinski definition) is 1. The molecule has 0 radical (unpaired) electrons. The minimum absolute atomic E-state index is 0.154. The molecule has 0 saturated heterocycles. The van der Waals surface area contributed by atoms with E-state index >= 15 is 0 Å². The number of carbonyl (C=O) groups is 1. The molecule has 18 heavy (non-hydrogen) atoms. The molecule has 0 spiro atoms. The molecule has 1 N–H and O–H groups in total. The maximum Gasteiger partial charge on any atom is 0.348 e. The number of aromatic amines is 1. The van der Waals surface area contributed by atoms with Gasteiger partial charge in [0.05, 0.1) is 12.6 Å². The number of thiophene rings is 1. The topological polar surface area (TPSA) is 63.6 Å². The first-order valence-corrected chi connectivity index (χ1v) is 6.15. The van der Waals surface area contributed by atoms with Gasteiger partial charge in [0.25, 0.3) is 5.56 Å². The zero-order chi connectivity index (χ0) is 12.9. The maximum atomic E-state index is 11.9. The van der Waals surface area contributed by atoms with Crippen LogP contribution in [0, 0.1) is 6.92 Å². The Morgan fingerprint density at radius 3 is 3.00 bits per heavy atom. The van der Waals surface area contributed by atoms with E-state index < -0.39 is 5.97 Å². The van der Waals surface area contributed by atoms with Crippen LogP contribution in [0.4, 0.5) is 0 Å². The molecule has 3 heterocycles. The first kappa shape index (κ1) is 11.0. The van der Waals surface area contributed by atoms with Crippen molar-refractivity contribution in [3.63, 3.8) is 0 Å². The highest BCUT2D eigenvalue weighted by molar-refractivity contribution is 7.20. The van der Waals surface area contributed by atoms with Gasteiger partial charge in [0.1, 0.15) is 15.2 Å². The van der Waals surface area contributed by atoms with Crippen molar-refractivity contribution >= 4 is 33.2 Å². The van der Waals surface area contributed by atoms with E-state index in [1.807, 2.05) is 19.2 Å². The van der Waals surface area contributed by atoms with Crippen molar-refractivity contribution in [2.75, 3.05) is 7.11 Å². The predicted molar refractivity (Wildman–Crippen MR) is 69.5 cm³/mol. The van der Waals surface area contributed by atoms with Crippen LogP contribution in [0.5, 0.6) is 0 Å². The lowest BCUT2D eigenvalue weighted by Gasteiger charge is -1.97. The van der Waals surface area contributed by atoms with Crippen LogP contribution in [0.2, 0.25) is 0 Å². The number of nitrogens with zero attached hydrogens (tertiary/aromatic N) is 1. The van der Waals surface area contributed by atoms with Crippen LogP contribution in [0.15, 0.2) is 23.1 Å². The summed E-state index contributed by atoms with van der Waals surface area (Å²) in [5, 5.41) is 0. The van der Waals surface area contributed by atoms with E-state index in [-0.39, 0.29) is 5.56 Å². The van der Waals surface area contributed by atoms with E-state index in [4.69, 9.17) is 0 Å². The van der Waals surface area contributed by atoms with Gasteiger partial charge < -0.3 is 14.1 Å². The van der Waals surface area contributed by atoms with Crippen molar-refractivity contribution in [2.45, 2.75) is 6.92 Å². The molecule has 0 amide bonds. The molecule has 0 bridgehead atoms. The molecule has 0 unspecified atom stereocenters. The molecule has 0 aliphatic rings. The number of hydrogen-bond acceptors (Lipinski definition) is 4. The number of methoxy groups -OCH3 is 1. The average molecular weight is 262 g/mol. The van der Waals surface area contributed by atoms with Crippen LogP contribution in [0.1, 0.15) is 15.2 Å². The molecule has 5 nitrogen and oxygen atoms in total. The van der Waals surface area contributed by atoms with Gasteiger partial charge in [-0.05, 0) is 24.6 Å². The highest BCUT2D eigenvalue weighted by atomic mass is 32.1. The Morgan fingerprint density at radius 2 is 2.28 bits per heavy atom. The first-order valence-electron chi connectivity index (χ1n) is 5.33. The molecular formula is C12H10N2O3S. The SMILES string of the molecule is COC(=O)c1cc2[nH]c(=O)c3c(C)ccn3c2s1. The predicted octanol–water partition coefficient (Wildman–Crippen LogP) is 1.94. The maximum absolute atomic E-state index is 11.9. The van der Waals surface area contributed by atoms with Crippen LogP contribution >= 0.6 is 11.3 Å². The second kappa shape index (κ2) is 3.71. The normalized spacial score (nSPS) is 11.2. The van der Waals surface area contributed by atoms with Gasteiger partial charge in [-0.15, -0.1) is 11.3 Å². The molecule has 0 atom stereocenters. The Morgan fingerprint density at radius 1 is 1.50 bits per heavy atom. The number of H-pyrrole nitrogens is 1. The van der Waals surface area contributed by atoms with Crippen molar-refractivity contribution in [1.29, 1.82) is 0 Å². The van der Waals surface area contributed by atoms with E-state index in [0.717, 1.165) is 10.4 Å². The average Bonchev–Trinajstić information content (AvgIpc) is 2.92. The smallest absolute Gasteiger partial charge is 0.348 e. The van der Waals surface area contributed by atoms with Gasteiger partial charge >= 0.3 is 5.97 Å². The zero-order valence-electron chi connectivity index (χ0n) is 9.81. The molecule has 3 aromatic heterocycles. The molecule has 0 aliphatic carbocycles. The fourth-order valence-electron chi connectivity index (χ4n) is 2.02. The largest absolute Gasteiger partial charge is 0.465 e. The summed E-state index contributed by atoms with van der Waals surface area (Å²) in [6.45, 7) is 1.88. The van der Waals surface area contributed by atoms with Crippen LogP contribution in [0.25, 0.3) is 15.9 Å². The zero-order valence-corrected chi connectivity index (χ0v) is 10.6. The lowest BCUT2D eigenvalue weighted by molar-refractivity contribution is 0.0606. The summed E-state index contributed by atoms with van der Waals surface area (Å²) in [7, 11) is 1.34. The summed E-state index contributed by atoms with van der Waals surface area (Å²) in [5.74, 6) is -0.394. The minimum Gasteiger partial charge on any atom is -0.465 e. The quantitative estimate of drug-likeness (QED) is 0.682. The molecule has 0 aromatic carbocycles. The van der Waals surface area contributed by atoms with Gasteiger partial charge in [-0.3, -0.25) is 4.79 Å².